The van der Waals surface area contributed by atoms with E-state index in [0.717, 1.165) is 66.7 Å². The molecule has 0 aromatic carbocycles. The van der Waals surface area contributed by atoms with E-state index in [2.05, 4.69) is 172 Å². The Morgan fingerprint density at radius 3 is 1.28 bits per heavy atom. The maximum absolute atomic E-state index is 6.10. The predicted octanol–water partition coefficient (Wildman–Crippen LogP) is 12.4. The van der Waals surface area contributed by atoms with E-state index in [1.165, 1.54) is 266 Å². The number of fused-ring (bicyclic) bond motifs is 2. The van der Waals surface area contributed by atoms with Gasteiger partial charge >= 0.3 is 0 Å². The van der Waals surface area contributed by atoms with Crippen LogP contribution in [0.15, 0.2) is 0 Å². The number of hydrogen-bond donors (Lipinski definition) is 0. The number of piperidine rings is 5. The van der Waals surface area contributed by atoms with Crippen LogP contribution in [0.2, 0.25) is 0 Å². The summed E-state index contributed by atoms with van der Waals surface area (Å²) < 4.78 is 12.2. The zero-order valence-electron chi connectivity index (χ0n) is 62.2. The van der Waals surface area contributed by atoms with E-state index >= 15 is 0 Å². The van der Waals surface area contributed by atoms with Crippen molar-refractivity contribution in [2.75, 3.05) is 157 Å². The zero-order chi connectivity index (χ0) is 64.2. The van der Waals surface area contributed by atoms with E-state index in [0.29, 0.717) is 41.9 Å². The van der Waals surface area contributed by atoms with Gasteiger partial charge < -0.3 is 38.9 Å². The highest BCUT2D eigenvalue weighted by atomic mass is 16.5. The first-order valence-corrected chi connectivity index (χ1v) is 38.9. The minimum absolute atomic E-state index is 0.392. The van der Waals surface area contributed by atoms with Crippen molar-refractivity contribution in [3.63, 3.8) is 0 Å². The van der Waals surface area contributed by atoms with Gasteiger partial charge in [-0.25, -0.2) is 0 Å². The summed E-state index contributed by atoms with van der Waals surface area (Å²) in [5.41, 5.74) is 0.661. The van der Waals surface area contributed by atoms with Gasteiger partial charge in [0.1, 0.15) is 0 Å². The molecule has 9 aliphatic heterocycles. The molecule has 522 valence electrons. The molecule has 3 atom stereocenters. The molecule has 1 saturated carbocycles. The number of rotatable bonds is 22. The molecule has 9 saturated heterocycles. The third-order valence-corrected chi connectivity index (χ3v) is 24.7. The molecule has 0 radical (unpaired) electrons. The predicted molar refractivity (Wildman–Crippen MR) is 381 cm³/mol. The van der Waals surface area contributed by atoms with Crippen LogP contribution in [0, 0.1) is 23.2 Å². The van der Waals surface area contributed by atoms with Crippen LogP contribution in [0.1, 0.15) is 233 Å². The second kappa shape index (κ2) is 38.4. The average Bonchev–Trinajstić information content (AvgIpc) is 2.39. The number of nitrogens with zero attached hydrogens (tertiary/aromatic N) is 11. The molecular formula is C76H151N11O2. The molecule has 89 heavy (non-hydrogen) atoms. The van der Waals surface area contributed by atoms with Gasteiger partial charge in [0.05, 0.1) is 18.3 Å². The van der Waals surface area contributed by atoms with Gasteiger partial charge in [0.15, 0.2) is 0 Å². The Morgan fingerprint density at radius 1 is 0.371 bits per heavy atom. The van der Waals surface area contributed by atoms with E-state index in [1.54, 1.807) is 0 Å². The van der Waals surface area contributed by atoms with Crippen LogP contribution in [0.3, 0.4) is 0 Å². The summed E-state index contributed by atoms with van der Waals surface area (Å²) in [6.45, 7) is 69.9. The fourth-order valence-electron chi connectivity index (χ4n) is 18.0. The lowest BCUT2D eigenvalue weighted by Gasteiger charge is -2.47. The minimum atomic E-state index is 0.392. The monoisotopic (exact) mass is 1250 g/mol. The van der Waals surface area contributed by atoms with Crippen molar-refractivity contribution in [3.8, 4) is 0 Å². The van der Waals surface area contributed by atoms with Crippen molar-refractivity contribution in [3.05, 3.63) is 0 Å². The van der Waals surface area contributed by atoms with Crippen LogP contribution in [0.5, 0.6) is 0 Å². The summed E-state index contributed by atoms with van der Waals surface area (Å²) in [6, 6.07) is 7.53. The van der Waals surface area contributed by atoms with Crippen LogP contribution in [0.25, 0.3) is 0 Å². The summed E-state index contributed by atoms with van der Waals surface area (Å²) in [6.07, 6.45) is 26.1. The SMILES string of the molecule is CC(C)N1CCC(C(C)N2CCN(C(C)C)CC2)CC1.CC(C)N1CCC(CCCN2CC3CC2CN3C(C)C)CC1.CC(C)N1CCC(OCCCN2CCN(C(C)C)CC2)CC1.CC(C)OC1CCC2(CC1)CCN(CC1CCN(C(C)C)CC1)CC2. The zero-order valence-corrected chi connectivity index (χ0v) is 62.2. The summed E-state index contributed by atoms with van der Waals surface area (Å²) >= 11 is 0. The second-order valence-electron chi connectivity index (χ2n) is 33.2. The lowest BCUT2D eigenvalue weighted by molar-refractivity contribution is -0.0493. The third kappa shape index (κ3) is 24.8. The van der Waals surface area contributed by atoms with Crippen molar-refractivity contribution < 1.29 is 9.47 Å². The van der Waals surface area contributed by atoms with Gasteiger partial charge in [0, 0.05) is 159 Å². The number of hydrogen-bond acceptors (Lipinski definition) is 13. The van der Waals surface area contributed by atoms with Crippen molar-refractivity contribution in [2.45, 2.75) is 312 Å². The standard InChI is InChI=1S/C22H42N2O.C19H37N3.C18H37N3O.C17H35N3/c1-18(2)24-13-7-20(8-14-24)17-23-15-11-22(12-16-23)9-5-21(6-10-22)25-19(3)4;1-15(2)20-10-7-17(8-11-20)6-5-9-21-13-19-12-18(21)14-22(19)16(3)4;1-16(2)20-9-6-18(7-10-20)22-15-5-8-19-11-13-21(14-12-19)17(3)4;1-14(2)18-8-6-17(7-9-18)16(5)20-12-10-19(11-13-20)15(3)4/h18-21H,5-17H2,1-4H3;15-19H,5-14H2,1-4H3;16-18H,5-15H2,1-4H3;14-17H,6-13H2,1-5H3. The summed E-state index contributed by atoms with van der Waals surface area (Å²) in [4.78, 5) is 29.4. The molecule has 10 fully saturated rings. The lowest BCUT2D eigenvalue weighted by Crippen LogP contribution is -2.54. The Morgan fingerprint density at radius 2 is 0.820 bits per heavy atom. The van der Waals surface area contributed by atoms with Gasteiger partial charge in [-0.3, -0.25) is 24.5 Å². The van der Waals surface area contributed by atoms with E-state index < -0.39 is 0 Å². The maximum Gasteiger partial charge on any atom is 0.0599 e. The first-order chi connectivity index (χ1) is 42.5. The molecule has 0 N–H and O–H groups in total. The van der Waals surface area contributed by atoms with Crippen LogP contribution < -0.4 is 0 Å². The second-order valence-corrected chi connectivity index (χ2v) is 33.2. The molecule has 3 unspecified atom stereocenters. The maximum atomic E-state index is 6.10. The molecule has 10 aliphatic rings. The first kappa shape index (κ1) is 75.9. The Labute approximate surface area is 553 Å². The van der Waals surface area contributed by atoms with Gasteiger partial charge in [-0.2, -0.15) is 0 Å². The number of ether oxygens (including phenoxy) is 2. The topological polar surface area (TPSA) is 54.1 Å². The largest absolute Gasteiger partial charge is 0.378 e. The van der Waals surface area contributed by atoms with Crippen molar-refractivity contribution >= 4 is 0 Å². The normalized spacial score (nSPS) is 27.5. The highest BCUT2D eigenvalue weighted by Gasteiger charge is 2.44. The van der Waals surface area contributed by atoms with Crippen LogP contribution >= 0.6 is 0 Å². The molecule has 13 nitrogen and oxygen atoms in total. The highest BCUT2D eigenvalue weighted by molar-refractivity contribution is 5.01. The quantitative estimate of drug-likeness (QED) is 0.0968. The van der Waals surface area contributed by atoms with Gasteiger partial charge in [-0.1, -0.05) is 0 Å². The smallest absolute Gasteiger partial charge is 0.0599 e. The van der Waals surface area contributed by atoms with Crippen LogP contribution in [-0.4, -0.2) is 290 Å². The fourth-order valence-corrected chi connectivity index (χ4v) is 18.0. The highest BCUT2D eigenvalue weighted by Crippen LogP contribution is 2.46. The van der Waals surface area contributed by atoms with E-state index in [9.17, 15) is 0 Å². The van der Waals surface area contributed by atoms with Crippen LogP contribution in [0.4, 0.5) is 0 Å². The molecule has 0 amide bonds. The van der Waals surface area contributed by atoms with E-state index in [1.807, 2.05) is 0 Å². The number of likely N-dealkylation sites (tertiary alicyclic amines) is 7. The van der Waals surface area contributed by atoms with E-state index in [-0.39, 0.29) is 0 Å². The summed E-state index contributed by atoms with van der Waals surface area (Å²) in [5.74, 6) is 2.86. The molecule has 10 rings (SSSR count). The molecule has 2 bridgehead atoms. The van der Waals surface area contributed by atoms with Crippen molar-refractivity contribution in [1.82, 2.24) is 53.9 Å². The molecule has 1 aliphatic carbocycles. The molecule has 0 aromatic rings. The van der Waals surface area contributed by atoms with E-state index in [4.69, 9.17) is 9.47 Å². The van der Waals surface area contributed by atoms with Gasteiger partial charge in [-0.05, 0) is 315 Å². The average molecular weight is 1250 g/mol. The molecule has 9 heterocycles. The van der Waals surface area contributed by atoms with Crippen LogP contribution in [-0.2, 0) is 9.47 Å². The molecule has 13 heteroatoms. The van der Waals surface area contributed by atoms with Gasteiger partial charge in [0.2, 0.25) is 0 Å². The minimum Gasteiger partial charge on any atom is -0.378 e. The molecular weight excluding hydrogens is 1100 g/mol. The number of piperazine rings is 3. The summed E-state index contributed by atoms with van der Waals surface area (Å²) in [5, 5.41) is 0. The Kier molecular flexibility index (Phi) is 32.8. The Bertz CT molecular complexity index is 1760. The van der Waals surface area contributed by atoms with Gasteiger partial charge in [0.25, 0.3) is 0 Å². The third-order valence-electron chi connectivity index (χ3n) is 24.7. The fraction of sp³-hybridized carbons (Fsp3) is 1.00. The first-order valence-electron chi connectivity index (χ1n) is 38.9. The molecule has 0 aromatic heterocycles. The van der Waals surface area contributed by atoms with Gasteiger partial charge in [-0.15, -0.1) is 0 Å². The summed E-state index contributed by atoms with van der Waals surface area (Å²) in [7, 11) is 0. The lowest BCUT2D eigenvalue weighted by atomic mass is 9.67. The Hall–Kier alpha value is -0.520. The molecule has 1 spiro atoms. The Balaban J connectivity index is 0.000000170. The van der Waals surface area contributed by atoms with Crippen molar-refractivity contribution in [1.29, 1.82) is 0 Å². The van der Waals surface area contributed by atoms with Crippen molar-refractivity contribution in [2.24, 2.45) is 23.2 Å².